The van der Waals surface area contributed by atoms with Gasteiger partial charge in [0.05, 0.1) is 11.6 Å². The van der Waals surface area contributed by atoms with Crippen LogP contribution in [0, 0.1) is 17.8 Å². The molecule has 2 saturated carbocycles. The lowest BCUT2D eigenvalue weighted by atomic mass is 9.68. The molecule has 2 N–H and O–H groups in total. The van der Waals surface area contributed by atoms with E-state index in [1.807, 2.05) is 36.4 Å². The van der Waals surface area contributed by atoms with Crippen LogP contribution in [0.4, 0.5) is 5.69 Å². The third-order valence-electron chi connectivity index (χ3n) is 7.89. The summed E-state index contributed by atoms with van der Waals surface area (Å²) in [5.41, 5.74) is 5.02. The molecule has 5 heteroatoms. The van der Waals surface area contributed by atoms with E-state index in [1.54, 1.807) is 6.07 Å². The maximum Gasteiger partial charge on any atom is 0.335 e. The van der Waals surface area contributed by atoms with Crippen LogP contribution in [-0.4, -0.2) is 11.1 Å². The molecule has 0 unspecified atom stereocenters. The minimum Gasteiger partial charge on any atom is -0.489 e. The maximum absolute atomic E-state index is 11.6. The fourth-order valence-corrected chi connectivity index (χ4v) is 6.59. The molecule has 1 aliphatic heterocycles. The molecule has 0 aromatic heterocycles. The van der Waals surface area contributed by atoms with Crippen LogP contribution in [0.3, 0.4) is 0 Å². The lowest BCUT2D eigenvalue weighted by Gasteiger charge is -2.43. The number of nitrogens with one attached hydrogen (secondary N) is 1. The summed E-state index contributed by atoms with van der Waals surface area (Å²) in [7, 11) is 0. The van der Waals surface area contributed by atoms with Crippen molar-refractivity contribution in [3.8, 4) is 5.75 Å². The lowest BCUT2D eigenvalue weighted by Crippen LogP contribution is -2.35. The average Bonchev–Trinajstić information content (AvgIpc) is 3.46. The van der Waals surface area contributed by atoms with Crippen LogP contribution < -0.4 is 10.1 Å². The Morgan fingerprint density at radius 3 is 2.52 bits per heavy atom. The van der Waals surface area contributed by atoms with E-state index in [0.717, 1.165) is 22.0 Å². The molecule has 2 fully saturated rings. The number of benzene rings is 3. The highest BCUT2D eigenvalue weighted by Crippen LogP contribution is 2.63. The van der Waals surface area contributed by atoms with Crippen molar-refractivity contribution in [2.45, 2.75) is 37.8 Å². The molecule has 33 heavy (non-hydrogen) atoms. The van der Waals surface area contributed by atoms with E-state index in [1.165, 1.54) is 30.4 Å². The van der Waals surface area contributed by atoms with E-state index in [9.17, 15) is 9.90 Å². The molecule has 3 aromatic carbocycles. The number of hydrogen-bond acceptors (Lipinski definition) is 3. The molecule has 2 aliphatic carbocycles. The number of rotatable bonds is 5. The second kappa shape index (κ2) is 8.11. The first kappa shape index (κ1) is 20.6. The molecular formula is C28H26ClNO3. The molecule has 0 amide bonds. The largest absolute Gasteiger partial charge is 0.489 e. The van der Waals surface area contributed by atoms with Gasteiger partial charge in [-0.3, -0.25) is 0 Å². The van der Waals surface area contributed by atoms with Crippen molar-refractivity contribution in [3.05, 3.63) is 94.0 Å². The Kier molecular flexibility index (Phi) is 5.06. The van der Waals surface area contributed by atoms with Gasteiger partial charge >= 0.3 is 5.97 Å². The van der Waals surface area contributed by atoms with E-state index in [0.29, 0.717) is 35.8 Å². The molecule has 0 spiro atoms. The quantitative estimate of drug-likeness (QED) is 0.435. The number of carboxylic acid groups (broad SMARTS) is 1. The second-order valence-electron chi connectivity index (χ2n) is 9.65. The molecule has 3 aromatic rings. The molecule has 0 radical (unpaired) electrons. The fraction of sp³-hybridized carbons (Fsp3) is 0.321. The summed E-state index contributed by atoms with van der Waals surface area (Å²) < 4.78 is 5.98. The third kappa shape index (κ3) is 3.67. The van der Waals surface area contributed by atoms with Crippen molar-refractivity contribution in [3.63, 3.8) is 0 Å². The number of anilines is 1. The molecule has 4 nitrogen and oxygen atoms in total. The minimum absolute atomic E-state index is 0.235. The summed E-state index contributed by atoms with van der Waals surface area (Å²) in [6, 6.07) is 22.0. The highest BCUT2D eigenvalue weighted by molar-refractivity contribution is 6.30. The Morgan fingerprint density at radius 2 is 1.76 bits per heavy atom. The van der Waals surface area contributed by atoms with Gasteiger partial charge in [0.25, 0.3) is 0 Å². The summed E-state index contributed by atoms with van der Waals surface area (Å²) in [5, 5.41) is 14.0. The topological polar surface area (TPSA) is 58.6 Å². The van der Waals surface area contributed by atoms with Crippen molar-refractivity contribution in [1.29, 1.82) is 0 Å². The summed E-state index contributed by atoms with van der Waals surface area (Å²) >= 11 is 5.96. The molecule has 168 valence electrons. The van der Waals surface area contributed by atoms with Gasteiger partial charge in [0.1, 0.15) is 12.4 Å². The molecule has 1 heterocycles. The third-order valence-corrected chi connectivity index (χ3v) is 8.14. The van der Waals surface area contributed by atoms with Crippen LogP contribution in [0.1, 0.15) is 58.3 Å². The number of ether oxygens (including phenoxy) is 1. The Morgan fingerprint density at radius 1 is 1.00 bits per heavy atom. The van der Waals surface area contributed by atoms with Gasteiger partial charge in [-0.2, -0.15) is 0 Å². The van der Waals surface area contributed by atoms with Crippen molar-refractivity contribution in [2.24, 2.45) is 17.8 Å². The van der Waals surface area contributed by atoms with E-state index >= 15 is 0 Å². The standard InChI is InChI=1S/C28H26ClNO3/c29-21-8-1-16(2-9-21)15-33-22-10-5-17(6-11-22)27-26-19-4-3-18(13-19)25(26)23-14-20(28(31)32)7-12-24(23)30-27/h1-2,5-12,14,18-19,25-27,30H,3-4,13,15H2,(H,31,32)/t18-,19-,25-,26+,27-/m0/s1. The minimum atomic E-state index is -0.853. The van der Waals surface area contributed by atoms with E-state index < -0.39 is 5.97 Å². The van der Waals surface area contributed by atoms with Crippen molar-refractivity contribution in [2.75, 3.05) is 5.32 Å². The SMILES string of the molecule is O=C(O)c1ccc2c(c1)[C@@H]1[C@H]3CC[C@@H](C3)[C@H]1[C@H](c1ccc(OCc3ccc(Cl)cc3)cc1)N2. The van der Waals surface area contributed by atoms with E-state index in [2.05, 4.69) is 29.6 Å². The number of carbonyl (C=O) groups is 1. The first-order valence-corrected chi connectivity index (χ1v) is 12.1. The summed E-state index contributed by atoms with van der Waals surface area (Å²) in [6.07, 6.45) is 3.79. The molecule has 6 rings (SSSR count). The van der Waals surface area contributed by atoms with Crippen molar-refractivity contribution in [1.82, 2.24) is 0 Å². The first-order chi connectivity index (χ1) is 16.1. The number of halogens is 1. The molecule has 0 saturated heterocycles. The molecular weight excluding hydrogens is 434 g/mol. The van der Waals surface area contributed by atoms with Crippen LogP contribution in [0.2, 0.25) is 5.02 Å². The number of hydrogen-bond donors (Lipinski definition) is 2. The van der Waals surface area contributed by atoms with Gasteiger partial charge in [0, 0.05) is 10.7 Å². The summed E-state index contributed by atoms with van der Waals surface area (Å²) in [4.78, 5) is 11.6. The van der Waals surface area contributed by atoms with Crippen LogP contribution in [0.15, 0.2) is 66.7 Å². The Labute approximate surface area is 198 Å². The molecule has 3 aliphatic rings. The van der Waals surface area contributed by atoms with E-state index in [-0.39, 0.29) is 6.04 Å². The van der Waals surface area contributed by atoms with Crippen LogP contribution in [-0.2, 0) is 6.61 Å². The Bertz CT molecular complexity index is 1190. The normalized spacial score (nSPS) is 26.9. The monoisotopic (exact) mass is 459 g/mol. The van der Waals surface area contributed by atoms with Crippen molar-refractivity contribution < 1.29 is 14.6 Å². The number of fused-ring (bicyclic) bond motifs is 7. The average molecular weight is 460 g/mol. The number of aromatic carboxylic acids is 1. The van der Waals surface area contributed by atoms with Gasteiger partial charge in [0.15, 0.2) is 0 Å². The highest BCUT2D eigenvalue weighted by Gasteiger charge is 2.53. The predicted octanol–water partition coefficient (Wildman–Crippen LogP) is 6.91. The zero-order valence-electron chi connectivity index (χ0n) is 18.2. The van der Waals surface area contributed by atoms with Crippen LogP contribution in [0.25, 0.3) is 0 Å². The number of carboxylic acids is 1. The van der Waals surface area contributed by atoms with Gasteiger partial charge in [-0.1, -0.05) is 35.9 Å². The maximum atomic E-state index is 11.6. The Balaban J connectivity index is 1.25. The second-order valence-corrected chi connectivity index (χ2v) is 10.1. The molecule has 2 bridgehead atoms. The van der Waals surface area contributed by atoms with Gasteiger partial charge in [-0.15, -0.1) is 0 Å². The van der Waals surface area contributed by atoms with Crippen molar-refractivity contribution >= 4 is 23.3 Å². The summed E-state index contributed by atoms with van der Waals surface area (Å²) in [6.45, 7) is 0.506. The fourth-order valence-electron chi connectivity index (χ4n) is 6.47. The van der Waals surface area contributed by atoms with Gasteiger partial charge in [0.2, 0.25) is 0 Å². The van der Waals surface area contributed by atoms with E-state index in [4.69, 9.17) is 16.3 Å². The summed E-state index contributed by atoms with van der Waals surface area (Å²) in [5.74, 6) is 2.29. The predicted molar refractivity (Wildman–Crippen MR) is 129 cm³/mol. The smallest absolute Gasteiger partial charge is 0.335 e. The zero-order valence-corrected chi connectivity index (χ0v) is 19.0. The first-order valence-electron chi connectivity index (χ1n) is 11.7. The van der Waals surface area contributed by atoms with Gasteiger partial charge in [-0.25, -0.2) is 4.79 Å². The lowest BCUT2D eigenvalue weighted by molar-refractivity contribution is 0.0696. The van der Waals surface area contributed by atoms with Crippen LogP contribution >= 0.6 is 11.6 Å². The zero-order chi connectivity index (χ0) is 22.5. The Hall–Kier alpha value is -2.98. The van der Waals surface area contributed by atoms with Gasteiger partial charge in [-0.05, 0) is 102 Å². The highest BCUT2D eigenvalue weighted by atomic mass is 35.5. The van der Waals surface area contributed by atoms with Crippen LogP contribution in [0.5, 0.6) is 5.75 Å². The molecule has 5 atom stereocenters. The van der Waals surface area contributed by atoms with Gasteiger partial charge < -0.3 is 15.2 Å².